The molecule has 1 heterocycles. The summed E-state index contributed by atoms with van der Waals surface area (Å²) in [6.45, 7) is 4.79. The summed E-state index contributed by atoms with van der Waals surface area (Å²) < 4.78 is 0. The molecule has 0 atom stereocenters. The molecule has 0 spiro atoms. The lowest BCUT2D eigenvalue weighted by Crippen LogP contribution is -2.17. The highest BCUT2D eigenvalue weighted by Crippen LogP contribution is 2.55. The highest BCUT2D eigenvalue weighted by molar-refractivity contribution is 6.07. The number of rotatable bonds is 6. The molecule has 0 unspecified atom stereocenters. The van der Waals surface area contributed by atoms with E-state index in [-0.39, 0.29) is 5.41 Å². The molecule has 0 aliphatic heterocycles. The van der Waals surface area contributed by atoms with Crippen molar-refractivity contribution in [2.75, 3.05) is 0 Å². The van der Waals surface area contributed by atoms with Crippen molar-refractivity contribution in [3.8, 4) is 78.4 Å². The molecule has 1 aromatic heterocycles. The Bertz CT molecular complexity index is 3200. The van der Waals surface area contributed by atoms with Crippen LogP contribution in [0.3, 0.4) is 0 Å². The molecule has 0 saturated carbocycles. The summed E-state index contributed by atoms with van der Waals surface area (Å²) in [7, 11) is 0. The van der Waals surface area contributed by atoms with Gasteiger partial charge in [-0.1, -0.05) is 214 Å². The molecule has 0 fully saturated rings. The van der Waals surface area contributed by atoms with Crippen LogP contribution in [0.25, 0.3) is 100.0 Å². The van der Waals surface area contributed by atoms with E-state index in [0.717, 1.165) is 28.1 Å². The van der Waals surface area contributed by atoms with Gasteiger partial charge in [0.15, 0.2) is 5.82 Å². The number of hydrogen-bond acceptors (Lipinski definition) is 2. The van der Waals surface area contributed by atoms with E-state index in [1.54, 1.807) is 0 Å². The summed E-state index contributed by atoms with van der Waals surface area (Å²) in [4.78, 5) is 10.5. The lowest BCUT2D eigenvalue weighted by atomic mass is 9.77. The van der Waals surface area contributed by atoms with Gasteiger partial charge in [-0.3, -0.25) is 0 Å². The molecule has 0 N–H and O–H groups in total. The van der Waals surface area contributed by atoms with Gasteiger partial charge in [-0.2, -0.15) is 0 Å². The first-order valence-electron chi connectivity index (χ1n) is 20.4. The first-order chi connectivity index (χ1) is 29.0. The van der Waals surface area contributed by atoms with Crippen molar-refractivity contribution in [1.82, 2.24) is 9.97 Å². The highest BCUT2D eigenvalue weighted by atomic mass is 14.9. The van der Waals surface area contributed by atoms with E-state index < -0.39 is 0 Å². The standard InChI is InChI=1S/C57H40N2/c1-57(2)54-44-19-10-9-16-41(44)32-33-51(54)50-23-13-22-49(55(50)57)47-34-35-48(46-21-12-11-20-45(46)47)53-36-52(58-56(59-53)43-17-7-4-8-18-43)42-30-28-40(29-31-42)39-26-24-38(25-27-39)37-14-5-3-6-15-37/h3-36H,1-2H3. The maximum atomic E-state index is 5.28. The summed E-state index contributed by atoms with van der Waals surface area (Å²) in [5, 5.41) is 4.99. The average Bonchev–Trinajstić information content (AvgIpc) is 3.55. The van der Waals surface area contributed by atoms with Gasteiger partial charge in [0.1, 0.15) is 0 Å². The van der Waals surface area contributed by atoms with Gasteiger partial charge in [0, 0.05) is 22.1 Å². The molecule has 278 valence electrons. The molecule has 2 nitrogen and oxygen atoms in total. The zero-order valence-electron chi connectivity index (χ0n) is 33.0. The van der Waals surface area contributed by atoms with Crippen LogP contribution in [0.4, 0.5) is 0 Å². The van der Waals surface area contributed by atoms with E-state index in [1.165, 1.54) is 77.2 Å². The molecule has 9 aromatic carbocycles. The van der Waals surface area contributed by atoms with Crippen LogP contribution >= 0.6 is 0 Å². The lowest BCUT2D eigenvalue weighted by molar-refractivity contribution is 0.668. The summed E-state index contributed by atoms with van der Waals surface area (Å²) >= 11 is 0. The Morgan fingerprint density at radius 3 is 1.42 bits per heavy atom. The van der Waals surface area contributed by atoms with Crippen LogP contribution in [0.2, 0.25) is 0 Å². The first-order valence-corrected chi connectivity index (χ1v) is 20.4. The largest absolute Gasteiger partial charge is 0.228 e. The minimum absolute atomic E-state index is 0.185. The predicted octanol–water partition coefficient (Wildman–Crippen LogP) is 15.1. The van der Waals surface area contributed by atoms with Gasteiger partial charge in [-0.25, -0.2) is 9.97 Å². The second-order valence-electron chi connectivity index (χ2n) is 16.1. The Kier molecular flexibility index (Phi) is 8.20. The van der Waals surface area contributed by atoms with E-state index in [0.29, 0.717) is 5.82 Å². The Labute approximate surface area is 345 Å². The Morgan fingerprint density at radius 2 is 0.763 bits per heavy atom. The quantitative estimate of drug-likeness (QED) is 0.169. The third-order valence-electron chi connectivity index (χ3n) is 12.3. The molecule has 0 amide bonds. The van der Waals surface area contributed by atoms with Crippen molar-refractivity contribution in [3.63, 3.8) is 0 Å². The molecule has 0 saturated heterocycles. The summed E-state index contributed by atoms with van der Waals surface area (Å²) in [5.74, 6) is 0.708. The van der Waals surface area contributed by atoms with Gasteiger partial charge in [-0.15, -0.1) is 0 Å². The maximum absolute atomic E-state index is 5.28. The number of hydrogen-bond donors (Lipinski definition) is 0. The molecular weight excluding hydrogens is 713 g/mol. The normalized spacial score (nSPS) is 12.7. The SMILES string of the molecule is CC1(C)c2c(cccc2-c2ccc(-c3cc(-c4ccc(-c5ccc(-c6ccccc6)cc5)cc4)nc(-c4ccccc4)n3)c3ccccc23)-c2ccc3ccccc3c21. The average molecular weight is 753 g/mol. The number of aromatic nitrogens is 2. The van der Waals surface area contributed by atoms with Gasteiger partial charge < -0.3 is 0 Å². The van der Waals surface area contributed by atoms with Gasteiger partial charge in [0.2, 0.25) is 0 Å². The van der Waals surface area contributed by atoms with Crippen LogP contribution in [-0.4, -0.2) is 9.97 Å². The molecule has 0 bridgehead atoms. The molecular formula is C57H40N2. The number of benzene rings is 9. The molecule has 2 heteroatoms. The number of fused-ring (bicyclic) bond motifs is 6. The van der Waals surface area contributed by atoms with Gasteiger partial charge in [-0.05, 0) is 83.2 Å². The van der Waals surface area contributed by atoms with Crippen molar-refractivity contribution in [3.05, 3.63) is 217 Å². The molecule has 11 rings (SSSR count). The Balaban J connectivity index is 1.02. The van der Waals surface area contributed by atoms with Crippen LogP contribution < -0.4 is 0 Å². The first kappa shape index (κ1) is 34.8. The molecule has 1 aliphatic rings. The van der Waals surface area contributed by atoms with Crippen molar-refractivity contribution in [2.45, 2.75) is 19.3 Å². The molecule has 10 aromatic rings. The zero-order valence-corrected chi connectivity index (χ0v) is 33.0. The summed E-state index contributed by atoms with van der Waals surface area (Å²) in [6, 6.07) is 74.2. The van der Waals surface area contributed by atoms with Crippen LogP contribution in [0.15, 0.2) is 206 Å². The maximum Gasteiger partial charge on any atom is 0.160 e. The fraction of sp³-hybridized carbons (Fsp3) is 0.0526. The van der Waals surface area contributed by atoms with E-state index in [1.807, 2.05) is 18.2 Å². The molecule has 1 aliphatic carbocycles. The second kappa shape index (κ2) is 13.9. The fourth-order valence-corrected chi connectivity index (χ4v) is 9.49. The van der Waals surface area contributed by atoms with E-state index in [4.69, 9.17) is 9.97 Å². The van der Waals surface area contributed by atoms with Crippen LogP contribution in [0, 0.1) is 0 Å². The molecule has 59 heavy (non-hydrogen) atoms. The van der Waals surface area contributed by atoms with Crippen molar-refractivity contribution >= 4 is 21.5 Å². The summed E-state index contributed by atoms with van der Waals surface area (Å²) in [5.41, 5.74) is 17.5. The van der Waals surface area contributed by atoms with Gasteiger partial charge in [0.05, 0.1) is 11.4 Å². The third-order valence-corrected chi connectivity index (χ3v) is 12.3. The van der Waals surface area contributed by atoms with Crippen LogP contribution in [0.1, 0.15) is 25.0 Å². The molecule has 0 radical (unpaired) electrons. The zero-order chi connectivity index (χ0) is 39.5. The van der Waals surface area contributed by atoms with Crippen LogP contribution in [0.5, 0.6) is 0 Å². The van der Waals surface area contributed by atoms with Crippen molar-refractivity contribution in [2.24, 2.45) is 0 Å². The third kappa shape index (κ3) is 5.87. The fourth-order valence-electron chi connectivity index (χ4n) is 9.49. The van der Waals surface area contributed by atoms with Crippen molar-refractivity contribution in [1.29, 1.82) is 0 Å². The Morgan fingerprint density at radius 1 is 0.305 bits per heavy atom. The predicted molar refractivity (Wildman–Crippen MR) is 247 cm³/mol. The topological polar surface area (TPSA) is 25.8 Å². The smallest absolute Gasteiger partial charge is 0.160 e. The van der Waals surface area contributed by atoms with Crippen LogP contribution in [-0.2, 0) is 5.41 Å². The van der Waals surface area contributed by atoms with Crippen molar-refractivity contribution < 1.29 is 0 Å². The highest BCUT2D eigenvalue weighted by Gasteiger charge is 2.39. The Hall–Kier alpha value is -7.42. The monoisotopic (exact) mass is 752 g/mol. The van der Waals surface area contributed by atoms with Gasteiger partial charge in [0.25, 0.3) is 0 Å². The summed E-state index contributed by atoms with van der Waals surface area (Å²) in [6.07, 6.45) is 0. The minimum Gasteiger partial charge on any atom is -0.228 e. The minimum atomic E-state index is -0.185. The second-order valence-corrected chi connectivity index (χ2v) is 16.1. The lowest BCUT2D eigenvalue weighted by Gasteiger charge is -2.26. The van der Waals surface area contributed by atoms with E-state index in [2.05, 4.69) is 202 Å². The van der Waals surface area contributed by atoms with Gasteiger partial charge >= 0.3 is 0 Å². The number of nitrogens with zero attached hydrogens (tertiary/aromatic N) is 2. The van der Waals surface area contributed by atoms with E-state index in [9.17, 15) is 0 Å². The van der Waals surface area contributed by atoms with E-state index >= 15 is 0 Å².